The Balaban J connectivity index is 0.000000360. The Morgan fingerprint density at radius 1 is 0.950 bits per heavy atom. The molecule has 0 saturated carbocycles. The van der Waals surface area contributed by atoms with E-state index in [9.17, 15) is 20.0 Å². The Kier molecular flexibility index (Phi) is 14.2. The molecular formula is C34H37NO5. The SMILES string of the molecule is CCCCC(CC)Cc1ccccc1C(=C(C#N)C(=O)O)c1ccccc1.COOC(=O)C=Cc1ccccc1. The number of carboxylic acids is 1. The zero-order chi connectivity index (χ0) is 29.2. The Morgan fingerprint density at radius 2 is 1.57 bits per heavy atom. The standard InChI is InChI=1S/C24H27NO2.C10H10O3/c1-3-5-11-18(4-2)16-20-14-9-10-15-21(20)23(22(17-25)24(26)27)19-12-7-6-8-13-19;1-12-13-10(11)8-7-9-5-3-2-4-6-9/h6-10,12-15,18H,3-5,11,16H2,1-2H3,(H,26,27);2-8H,1H3. The first-order chi connectivity index (χ1) is 19.4. The fourth-order valence-electron chi connectivity index (χ4n) is 4.28. The predicted octanol–water partition coefficient (Wildman–Crippen LogP) is 7.66. The minimum absolute atomic E-state index is 0.213. The number of rotatable bonds is 12. The minimum atomic E-state index is -1.19. The number of carbonyl (C=O) groups excluding carboxylic acids is 1. The van der Waals surface area contributed by atoms with Crippen molar-refractivity contribution in [2.75, 3.05) is 7.11 Å². The summed E-state index contributed by atoms with van der Waals surface area (Å²) in [7, 11) is 1.29. The monoisotopic (exact) mass is 539 g/mol. The van der Waals surface area contributed by atoms with Gasteiger partial charge in [-0.25, -0.2) is 9.59 Å². The molecular weight excluding hydrogens is 502 g/mol. The second-order valence-corrected chi connectivity index (χ2v) is 9.12. The second-order valence-electron chi connectivity index (χ2n) is 9.12. The molecule has 0 aliphatic carbocycles. The molecule has 0 aliphatic rings. The van der Waals surface area contributed by atoms with Crippen LogP contribution in [0.15, 0.2) is 96.6 Å². The van der Waals surface area contributed by atoms with E-state index >= 15 is 0 Å². The third kappa shape index (κ3) is 10.4. The molecule has 0 aromatic heterocycles. The van der Waals surface area contributed by atoms with Gasteiger partial charge in [0.1, 0.15) is 11.6 Å². The molecule has 3 rings (SSSR count). The van der Waals surface area contributed by atoms with Crippen molar-refractivity contribution in [3.05, 3.63) is 119 Å². The van der Waals surface area contributed by atoms with Crippen LogP contribution in [0.5, 0.6) is 0 Å². The maximum Gasteiger partial charge on any atom is 0.365 e. The number of carboxylic acid groups (broad SMARTS) is 1. The number of nitriles is 1. The summed E-state index contributed by atoms with van der Waals surface area (Å²) in [6.07, 6.45) is 8.46. The maximum absolute atomic E-state index is 11.8. The molecule has 0 spiro atoms. The van der Waals surface area contributed by atoms with Gasteiger partial charge in [-0.2, -0.15) is 10.1 Å². The summed E-state index contributed by atoms with van der Waals surface area (Å²) in [5.74, 6) is -1.16. The molecule has 0 radical (unpaired) electrons. The van der Waals surface area contributed by atoms with E-state index in [1.165, 1.54) is 26.0 Å². The lowest BCUT2D eigenvalue weighted by Crippen LogP contribution is -2.09. The summed E-state index contributed by atoms with van der Waals surface area (Å²) in [5, 5.41) is 19.2. The van der Waals surface area contributed by atoms with Gasteiger partial charge in [-0.1, -0.05) is 124 Å². The Labute approximate surface area is 237 Å². The number of nitrogens with zero attached hydrogens (tertiary/aromatic N) is 1. The number of hydrogen-bond acceptors (Lipinski definition) is 5. The van der Waals surface area contributed by atoms with Crippen LogP contribution in [0.3, 0.4) is 0 Å². The third-order valence-corrected chi connectivity index (χ3v) is 6.35. The highest BCUT2D eigenvalue weighted by Gasteiger charge is 2.21. The lowest BCUT2D eigenvalue weighted by molar-refractivity contribution is -0.249. The van der Waals surface area contributed by atoms with Crippen molar-refractivity contribution in [2.45, 2.75) is 46.0 Å². The summed E-state index contributed by atoms with van der Waals surface area (Å²) >= 11 is 0. The molecule has 1 unspecified atom stereocenters. The van der Waals surface area contributed by atoms with Crippen LogP contribution in [0, 0.1) is 17.2 Å². The van der Waals surface area contributed by atoms with Crippen LogP contribution in [0.1, 0.15) is 61.8 Å². The lowest BCUT2D eigenvalue weighted by Gasteiger charge is -2.19. The fraction of sp³-hybridized carbons (Fsp3) is 0.265. The van der Waals surface area contributed by atoms with Gasteiger partial charge in [0.05, 0.1) is 7.11 Å². The smallest absolute Gasteiger partial charge is 0.365 e. The molecule has 6 nitrogen and oxygen atoms in total. The summed E-state index contributed by atoms with van der Waals surface area (Å²) in [6.45, 7) is 4.40. The average molecular weight is 540 g/mol. The number of aliphatic carboxylic acids is 1. The lowest BCUT2D eigenvalue weighted by atomic mass is 9.85. The van der Waals surface area contributed by atoms with Crippen molar-refractivity contribution >= 4 is 23.6 Å². The van der Waals surface area contributed by atoms with Crippen molar-refractivity contribution in [3.63, 3.8) is 0 Å². The van der Waals surface area contributed by atoms with Crippen LogP contribution in [0.25, 0.3) is 11.6 Å². The van der Waals surface area contributed by atoms with Crippen molar-refractivity contribution in [1.82, 2.24) is 0 Å². The highest BCUT2D eigenvalue weighted by atomic mass is 17.2. The molecule has 1 atom stereocenters. The van der Waals surface area contributed by atoms with Gasteiger partial charge in [-0.3, -0.25) is 4.89 Å². The van der Waals surface area contributed by atoms with Crippen molar-refractivity contribution in [1.29, 1.82) is 5.26 Å². The van der Waals surface area contributed by atoms with Gasteiger partial charge >= 0.3 is 11.9 Å². The molecule has 0 fully saturated rings. The number of hydrogen-bond donors (Lipinski definition) is 1. The van der Waals surface area contributed by atoms with Gasteiger partial charge in [0.2, 0.25) is 0 Å². The molecule has 0 aliphatic heterocycles. The van der Waals surface area contributed by atoms with Crippen LogP contribution in [-0.4, -0.2) is 24.2 Å². The van der Waals surface area contributed by atoms with E-state index in [1.54, 1.807) is 6.08 Å². The van der Waals surface area contributed by atoms with E-state index in [-0.39, 0.29) is 5.57 Å². The summed E-state index contributed by atoms with van der Waals surface area (Å²) in [6, 6.07) is 28.6. The number of carbonyl (C=O) groups is 2. The topological polar surface area (TPSA) is 96.6 Å². The Morgan fingerprint density at radius 3 is 2.15 bits per heavy atom. The van der Waals surface area contributed by atoms with Gasteiger partial charge in [0.15, 0.2) is 0 Å². The van der Waals surface area contributed by atoms with Crippen LogP contribution >= 0.6 is 0 Å². The van der Waals surface area contributed by atoms with E-state index < -0.39 is 11.9 Å². The molecule has 0 saturated heterocycles. The Bertz CT molecular complexity index is 1310. The molecule has 0 amide bonds. The van der Waals surface area contributed by atoms with Crippen molar-refractivity contribution < 1.29 is 24.5 Å². The highest BCUT2D eigenvalue weighted by molar-refractivity contribution is 6.04. The summed E-state index contributed by atoms with van der Waals surface area (Å²) < 4.78 is 0. The Hall–Kier alpha value is -4.47. The molecule has 40 heavy (non-hydrogen) atoms. The zero-order valence-electron chi connectivity index (χ0n) is 23.4. The van der Waals surface area contributed by atoms with Crippen molar-refractivity contribution in [2.24, 2.45) is 5.92 Å². The molecule has 6 heteroatoms. The number of unbranched alkanes of at least 4 members (excludes halogenated alkanes) is 1. The van der Waals surface area contributed by atoms with Gasteiger partial charge < -0.3 is 5.11 Å². The largest absolute Gasteiger partial charge is 0.477 e. The normalized spacial score (nSPS) is 11.9. The quantitative estimate of drug-likeness (QED) is 0.110. The van der Waals surface area contributed by atoms with Crippen LogP contribution in [0.2, 0.25) is 0 Å². The van der Waals surface area contributed by atoms with E-state index in [4.69, 9.17) is 0 Å². The van der Waals surface area contributed by atoms with Crippen LogP contribution < -0.4 is 0 Å². The first kappa shape index (κ1) is 31.7. The third-order valence-electron chi connectivity index (χ3n) is 6.35. The van der Waals surface area contributed by atoms with E-state index in [1.807, 2.05) is 84.9 Å². The first-order valence-electron chi connectivity index (χ1n) is 13.4. The fourth-order valence-corrected chi connectivity index (χ4v) is 4.28. The maximum atomic E-state index is 11.8. The highest BCUT2D eigenvalue weighted by Crippen LogP contribution is 2.32. The average Bonchev–Trinajstić information content (AvgIpc) is 2.98. The minimum Gasteiger partial charge on any atom is -0.477 e. The molecule has 0 bridgehead atoms. The summed E-state index contributed by atoms with van der Waals surface area (Å²) in [5.41, 5.74) is 3.94. The van der Waals surface area contributed by atoms with Gasteiger partial charge in [0, 0.05) is 11.6 Å². The van der Waals surface area contributed by atoms with Crippen LogP contribution in [0.4, 0.5) is 0 Å². The van der Waals surface area contributed by atoms with Crippen molar-refractivity contribution in [3.8, 4) is 6.07 Å². The first-order valence-corrected chi connectivity index (χ1v) is 13.4. The van der Waals surface area contributed by atoms with E-state index in [2.05, 4.69) is 29.7 Å². The molecule has 208 valence electrons. The second kappa shape index (κ2) is 17.9. The van der Waals surface area contributed by atoms with E-state index in [0.717, 1.165) is 41.5 Å². The molecule has 3 aromatic carbocycles. The van der Waals surface area contributed by atoms with Crippen LogP contribution in [-0.2, 0) is 25.8 Å². The van der Waals surface area contributed by atoms with Gasteiger partial charge in [-0.15, -0.1) is 0 Å². The number of benzene rings is 3. The van der Waals surface area contributed by atoms with Gasteiger partial charge in [0.25, 0.3) is 0 Å². The van der Waals surface area contributed by atoms with E-state index in [0.29, 0.717) is 11.5 Å². The predicted molar refractivity (Wildman–Crippen MR) is 158 cm³/mol. The molecule has 0 heterocycles. The summed E-state index contributed by atoms with van der Waals surface area (Å²) in [4.78, 5) is 31.0. The van der Waals surface area contributed by atoms with Gasteiger partial charge in [-0.05, 0) is 40.7 Å². The molecule has 3 aromatic rings. The molecule has 1 N–H and O–H groups in total. The zero-order valence-corrected chi connectivity index (χ0v) is 23.4.